The van der Waals surface area contributed by atoms with Crippen molar-refractivity contribution in [1.82, 2.24) is 4.90 Å². The molecule has 0 rings (SSSR count). The van der Waals surface area contributed by atoms with Crippen molar-refractivity contribution in [3.63, 3.8) is 0 Å². The van der Waals surface area contributed by atoms with Crippen molar-refractivity contribution in [2.75, 3.05) is 19.6 Å². The van der Waals surface area contributed by atoms with E-state index in [9.17, 15) is 0 Å². The summed E-state index contributed by atoms with van der Waals surface area (Å²) < 4.78 is 31.6. The minimum atomic E-state index is -4.67. The fourth-order valence-electron chi connectivity index (χ4n) is 0.671. The van der Waals surface area contributed by atoms with Crippen molar-refractivity contribution in [3.8, 4) is 0 Å². The van der Waals surface area contributed by atoms with E-state index in [2.05, 4.69) is 39.5 Å². The lowest BCUT2D eigenvalue weighted by Crippen LogP contribution is -2.21. The van der Waals surface area contributed by atoms with Crippen LogP contribution < -0.4 is 0 Å². The number of unbranched alkanes of at least 4 members (excludes halogenated alkanes) is 1. The van der Waals surface area contributed by atoms with Crippen molar-refractivity contribution in [2.24, 2.45) is 0 Å². The maximum Gasteiger partial charge on any atom is 0.394 e. The Morgan fingerprint density at radius 1 is 0.812 bits per heavy atom. The van der Waals surface area contributed by atoms with Gasteiger partial charge in [0.15, 0.2) is 0 Å². The van der Waals surface area contributed by atoms with E-state index in [0.717, 1.165) is 0 Å². The zero-order chi connectivity index (χ0) is 13.6. The zero-order valence-corrected chi connectivity index (χ0v) is 11.9. The molecule has 0 saturated heterocycles. The highest BCUT2D eigenvalue weighted by Gasteiger charge is 1.89. The van der Waals surface area contributed by atoms with E-state index in [-0.39, 0.29) is 0 Å². The fraction of sp³-hybridized carbons (Fsp3) is 1.00. The second-order valence-electron chi connectivity index (χ2n) is 3.07. The van der Waals surface area contributed by atoms with E-state index >= 15 is 0 Å². The summed E-state index contributed by atoms with van der Waals surface area (Å²) in [4.78, 5) is 2.38. The monoisotopic (exact) mass is 257 g/mol. The second kappa shape index (κ2) is 14.8. The summed E-state index contributed by atoms with van der Waals surface area (Å²) >= 11 is 0. The van der Waals surface area contributed by atoms with E-state index in [0.29, 0.717) is 0 Å². The lowest BCUT2D eigenvalue weighted by molar-refractivity contribution is 0.321. The molecule has 102 valence electrons. The van der Waals surface area contributed by atoms with Gasteiger partial charge in [0.05, 0.1) is 0 Å². The Bertz CT molecular complexity index is 185. The Kier molecular flexibility index (Phi) is 19.6. The lowest BCUT2D eigenvalue weighted by Gasteiger charge is -2.13. The van der Waals surface area contributed by atoms with Crippen molar-refractivity contribution >= 4 is 10.4 Å². The predicted octanol–water partition coefficient (Wildman–Crippen LogP) is 2.50. The number of hydrogen-bond acceptors (Lipinski definition) is 3. The van der Waals surface area contributed by atoms with Crippen LogP contribution in [0.25, 0.3) is 0 Å². The molecule has 0 aromatic carbocycles. The van der Waals surface area contributed by atoms with E-state index in [1.54, 1.807) is 0 Å². The molecular formula is C10H27NO4S. The molecule has 0 aliphatic heterocycles. The van der Waals surface area contributed by atoms with Gasteiger partial charge in [-0.1, -0.05) is 47.5 Å². The smallest absolute Gasteiger partial charge is 0.304 e. The summed E-state index contributed by atoms with van der Waals surface area (Å²) in [5.74, 6) is 0. The lowest BCUT2D eigenvalue weighted by atomic mass is 10.4. The van der Waals surface area contributed by atoms with Gasteiger partial charge in [0.2, 0.25) is 0 Å². The van der Waals surface area contributed by atoms with E-state index in [1.807, 2.05) is 0 Å². The average Bonchev–Trinajstić information content (AvgIpc) is 2.18. The first kappa shape index (κ1) is 21.1. The third-order valence-corrected chi connectivity index (χ3v) is 1.84. The molecule has 2 N–H and O–H groups in total. The zero-order valence-electron chi connectivity index (χ0n) is 11.1. The minimum absolute atomic E-state index is 1.19. The molecule has 0 spiro atoms. The first-order chi connectivity index (χ1) is 7.26. The van der Waals surface area contributed by atoms with Gasteiger partial charge in [0.1, 0.15) is 0 Å². The molecule has 16 heavy (non-hydrogen) atoms. The SMILES string of the molecule is CCCC.CCN(CC)CC.O=S(=O)(O)O. The molecule has 0 bridgehead atoms. The molecule has 0 amide bonds. The van der Waals surface area contributed by atoms with Gasteiger partial charge in [-0.3, -0.25) is 9.11 Å². The molecule has 0 atom stereocenters. The maximum absolute atomic E-state index is 8.74. The Labute approximate surface area is 100 Å². The predicted molar refractivity (Wildman–Crippen MR) is 68.2 cm³/mol. The quantitative estimate of drug-likeness (QED) is 0.757. The number of nitrogens with zero attached hydrogens (tertiary/aromatic N) is 1. The molecule has 0 unspecified atom stereocenters. The fourth-order valence-corrected chi connectivity index (χ4v) is 0.671. The largest absolute Gasteiger partial charge is 0.394 e. The van der Waals surface area contributed by atoms with Crippen molar-refractivity contribution in [2.45, 2.75) is 47.5 Å². The third kappa shape index (κ3) is 48.8. The van der Waals surface area contributed by atoms with Crippen molar-refractivity contribution in [3.05, 3.63) is 0 Å². The molecule has 5 nitrogen and oxygen atoms in total. The summed E-state index contributed by atoms with van der Waals surface area (Å²) in [5.41, 5.74) is 0. The number of hydrogen-bond donors (Lipinski definition) is 2. The van der Waals surface area contributed by atoms with Crippen LogP contribution in [0.5, 0.6) is 0 Å². The van der Waals surface area contributed by atoms with E-state index in [1.165, 1.54) is 32.5 Å². The molecule has 0 aliphatic rings. The third-order valence-electron chi connectivity index (χ3n) is 1.84. The molecule has 0 fully saturated rings. The molecular weight excluding hydrogens is 230 g/mol. The first-order valence-electron chi connectivity index (χ1n) is 5.68. The van der Waals surface area contributed by atoms with Crippen molar-refractivity contribution < 1.29 is 17.5 Å². The summed E-state index contributed by atoms with van der Waals surface area (Å²) in [7, 11) is -4.67. The summed E-state index contributed by atoms with van der Waals surface area (Å²) in [6, 6.07) is 0. The van der Waals surface area contributed by atoms with Crippen LogP contribution in [-0.2, 0) is 10.4 Å². The van der Waals surface area contributed by atoms with Crippen LogP contribution in [0.3, 0.4) is 0 Å². The highest BCUT2D eigenvalue weighted by Crippen LogP contribution is 1.81. The van der Waals surface area contributed by atoms with Gasteiger partial charge in [-0.2, -0.15) is 8.42 Å². The molecule has 0 aromatic heterocycles. The first-order valence-corrected chi connectivity index (χ1v) is 7.08. The topological polar surface area (TPSA) is 77.8 Å². The second-order valence-corrected chi connectivity index (χ2v) is 3.96. The molecule has 0 radical (unpaired) electrons. The van der Waals surface area contributed by atoms with Gasteiger partial charge < -0.3 is 4.90 Å². The van der Waals surface area contributed by atoms with Crippen LogP contribution in [0.2, 0.25) is 0 Å². The van der Waals surface area contributed by atoms with Gasteiger partial charge >= 0.3 is 10.4 Å². The normalized spacial score (nSPS) is 10.0. The standard InChI is InChI=1S/C6H15N.C4H10.H2O4S/c1-4-7(5-2)6-3;1-3-4-2;1-5(2,3)4/h4-6H2,1-3H3;3-4H2,1-2H3;(H2,1,2,3,4). The van der Waals surface area contributed by atoms with Crippen molar-refractivity contribution in [1.29, 1.82) is 0 Å². The van der Waals surface area contributed by atoms with Gasteiger partial charge in [-0.15, -0.1) is 0 Å². The van der Waals surface area contributed by atoms with E-state index < -0.39 is 10.4 Å². The Balaban J connectivity index is -0.000000166. The highest BCUT2D eigenvalue weighted by molar-refractivity contribution is 7.79. The van der Waals surface area contributed by atoms with Gasteiger partial charge in [0.25, 0.3) is 0 Å². The van der Waals surface area contributed by atoms with Crippen LogP contribution in [0.4, 0.5) is 0 Å². The molecule has 0 saturated carbocycles. The van der Waals surface area contributed by atoms with Crippen LogP contribution in [0.1, 0.15) is 47.5 Å². The Morgan fingerprint density at radius 2 is 1.00 bits per heavy atom. The van der Waals surface area contributed by atoms with Crippen LogP contribution in [0, 0.1) is 0 Å². The summed E-state index contributed by atoms with van der Waals surface area (Å²) in [6.45, 7) is 14.5. The maximum atomic E-state index is 8.74. The van der Waals surface area contributed by atoms with E-state index in [4.69, 9.17) is 17.5 Å². The highest BCUT2D eigenvalue weighted by atomic mass is 32.3. The van der Waals surface area contributed by atoms with Gasteiger partial charge in [0, 0.05) is 0 Å². The van der Waals surface area contributed by atoms with Crippen LogP contribution in [0.15, 0.2) is 0 Å². The Morgan fingerprint density at radius 3 is 1.00 bits per heavy atom. The Hall–Kier alpha value is -0.170. The van der Waals surface area contributed by atoms with Crippen LogP contribution in [-0.4, -0.2) is 42.1 Å². The molecule has 0 heterocycles. The molecule has 0 aromatic rings. The summed E-state index contributed by atoms with van der Waals surface area (Å²) in [6.07, 6.45) is 2.64. The minimum Gasteiger partial charge on any atom is -0.304 e. The van der Waals surface area contributed by atoms with Gasteiger partial charge in [-0.25, -0.2) is 0 Å². The van der Waals surface area contributed by atoms with Gasteiger partial charge in [-0.05, 0) is 19.6 Å². The molecule has 0 aliphatic carbocycles. The summed E-state index contributed by atoms with van der Waals surface area (Å²) in [5, 5.41) is 0. The number of rotatable bonds is 4. The molecule has 6 heteroatoms. The van der Waals surface area contributed by atoms with Crippen LogP contribution >= 0.6 is 0 Å². The average molecular weight is 257 g/mol.